The number of aliphatic hydroxyl groups is 1. The van der Waals surface area contributed by atoms with E-state index in [9.17, 15) is 5.11 Å². The molecule has 0 saturated heterocycles. The molecule has 1 unspecified atom stereocenters. The Balaban J connectivity index is 1.76. The van der Waals surface area contributed by atoms with E-state index < -0.39 is 6.10 Å². The summed E-state index contributed by atoms with van der Waals surface area (Å²) >= 11 is 1.58. The van der Waals surface area contributed by atoms with Gasteiger partial charge in [-0.3, -0.25) is 0 Å². The van der Waals surface area contributed by atoms with E-state index in [0.717, 1.165) is 5.56 Å². The Bertz CT molecular complexity index is 427. The van der Waals surface area contributed by atoms with Gasteiger partial charge in [0.05, 0.1) is 19.7 Å². The lowest BCUT2D eigenvalue weighted by atomic mass is 10.2. The molecule has 86 valence electrons. The summed E-state index contributed by atoms with van der Waals surface area (Å²) < 4.78 is 0. The van der Waals surface area contributed by atoms with Crippen LogP contribution < -0.4 is 5.32 Å². The predicted octanol–water partition coefficient (Wildman–Crippen LogP) is 0.0948. The van der Waals surface area contributed by atoms with Crippen LogP contribution in [0.15, 0.2) is 16.8 Å². The second-order valence-corrected chi connectivity index (χ2v) is 4.18. The number of rotatable bonds is 5. The van der Waals surface area contributed by atoms with E-state index in [1.807, 2.05) is 16.8 Å². The maximum atomic E-state index is 9.78. The van der Waals surface area contributed by atoms with Gasteiger partial charge in [0.1, 0.15) is 0 Å². The number of thiophene rings is 1. The fraction of sp³-hybridized carbons (Fsp3) is 0.444. The van der Waals surface area contributed by atoms with Crippen LogP contribution in [0, 0.1) is 0 Å². The number of tetrazole rings is 1. The Hall–Kier alpha value is -1.31. The highest BCUT2D eigenvalue weighted by Gasteiger charge is 2.07. The van der Waals surface area contributed by atoms with E-state index in [1.54, 1.807) is 18.4 Å². The summed E-state index contributed by atoms with van der Waals surface area (Å²) in [7, 11) is 1.72. The van der Waals surface area contributed by atoms with Crippen molar-refractivity contribution in [3.05, 3.63) is 28.2 Å². The first-order valence-electron chi connectivity index (χ1n) is 4.89. The molecule has 6 nitrogen and oxygen atoms in total. The summed E-state index contributed by atoms with van der Waals surface area (Å²) in [5, 5.41) is 28.3. The van der Waals surface area contributed by atoms with Gasteiger partial charge in [-0.25, -0.2) is 0 Å². The van der Waals surface area contributed by atoms with E-state index in [2.05, 4.69) is 20.7 Å². The van der Waals surface area contributed by atoms with Crippen LogP contribution >= 0.6 is 11.3 Å². The Kier molecular flexibility index (Phi) is 3.60. The molecule has 2 heterocycles. The molecular weight excluding hydrogens is 226 g/mol. The Morgan fingerprint density at radius 1 is 1.62 bits per heavy atom. The van der Waals surface area contributed by atoms with E-state index >= 15 is 0 Å². The van der Waals surface area contributed by atoms with Crippen molar-refractivity contribution < 1.29 is 5.11 Å². The van der Waals surface area contributed by atoms with Gasteiger partial charge < -0.3 is 10.4 Å². The number of hydrogen-bond donors (Lipinski definition) is 2. The van der Waals surface area contributed by atoms with Gasteiger partial charge in [0.15, 0.2) is 5.82 Å². The molecule has 0 bridgehead atoms. The molecule has 0 fully saturated rings. The second-order valence-electron chi connectivity index (χ2n) is 3.40. The van der Waals surface area contributed by atoms with Crippen molar-refractivity contribution in [1.29, 1.82) is 0 Å². The third-order valence-electron chi connectivity index (χ3n) is 2.10. The predicted molar refractivity (Wildman–Crippen MR) is 59.8 cm³/mol. The first-order valence-corrected chi connectivity index (χ1v) is 5.84. The summed E-state index contributed by atoms with van der Waals surface area (Å²) in [5.41, 5.74) is 0.935. The van der Waals surface area contributed by atoms with Crippen molar-refractivity contribution in [1.82, 2.24) is 25.5 Å². The third-order valence-corrected chi connectivity index (χ3v) is 2.80. The number of nitrogens with zero attached hydrogens (tertiary/aromatic N) is 4. The van der Waals surface area contributed by atoms with Crippen LogP contribution in [-0.4, -0.2) is 31.9 Å². The molecule has 0 amide bonds. The molecule has 2 aromatic rings. The lowest BCUT2D eigenvalue weighted by Crippen LogP contribution is -2.21. The Labute approximate surface area is 96.9 Å². The van der Waals surface area contributed by atoms with E-state index in [-0.39, 0.29) is 0 Å². The number of nitrogens with one attached hydrogen (secondary N) is 1. The van der Waals surface area contributed by atoms with Crippen molar-refractivity contribution in [2.75, 3.05) is 6.54 Å². The van der Waals surface area contributed by atoms with E-state index in [4.69, 9.17) is 0 Å². The lowest BCUT2D eigenvalue weighted by molar-refractivity contribution is 0.174. The minimum absolute atomic E-state index is 0.481. The van der Waals surface area contributed by atoms with Crippen LogP contribution in [0.1, 0.15) is 17.5 Å². The SMILES string of the molecule is Cn1nnc(CNCC(O)c2ccsc2)n1. The highest BCUT2D eigenvalue weighted by molar-refractivity contribution is 7.07. The summed E-state index contributed by atoms with van der Waals surface area (Å²) in [6.07, 6.45) is -0.483. The molecule has 0 spiro atoms. The molecule has 16 heavy (non-hydrogen) atoms. The maximum Gasteiger partial charge on any atom is 0.188 e. The zero-order valence-electron chi connectivity index (χ0n) is 8.87. The summed E-state index contributed by atoms with van der Waals surface area (Å²) in [6.45, 7) is 0.990. The van der Waals surface area contributed by atoms with Gasteiger partial charge in [0.25, 0.3) is 0 Å². The standard InChI is InChI=1S/C9H13N5OS/c1-14-12-9(11-13-14)5-10-4-8(15)7-2-3-16-6-7/h2-3,6,8,10,15H,4-5H2,1H3. The van der Waals surface area contributed by atoms with Gasteiger partial charge in [-0.1, -0.05) is 0 Å². The molecule has 1 atom stereocenters. The molecule has 0 aliphatic rings. The van der Waals surface area contributed by atoms with Gasteiger partial charge in [0, 0.05) is 6.54 Å². The van der Waals surface area contributed by atoms with Crippen LogP contribution in [0.2, 0.25) is 0 Å². The van der Waals surface area contributed by atoms with Crippen LogP contribution in [0.3, 0.4) is 0 Å². The van der Waals surface area contributed by atoms with Crippen LogP contribution in [0.25, 0.3) is 0 Å². The zero-order chi connectivity index (χ0) is 11.4. The fourth-order valence-corrected chi connectivity index (χ4v) is 2.00. The Morgan fingerprint density at radius 2 is 2.50 bits per heavy atom. The smallest absolute Gasteiger partial charge is 0.188 e. The molecule has 0 saturated carbocycles. The summed E-state index contributed by atoms with van der Waals surface area (Å²) in [6, 6.07) is 1.91. The molecule has 2 N–H and O–H groups in total. The fourth-order valence-electron chi connectivity index (χ4n) is 1.30. The lowest BCUT2D eigenvalue weighted by Gasteiger charge is -2.08. The van der Waals surface area contributed by atoms with Gasteiger partial charge in [-0.15, -0.1) is 10.2 Å². The molecular formula is C9H13N5OS. The topological polar surface area (TPSA) is 75.9 Å². The largest absolute Gasteiger partial charge is 0.387 e. The van der Waals surface area contributed by atoms with Crippen molar-refractivity contribution in [3.63, 3.8) is 0 Å². The molecule has 7 heteroatoms. The van der Waals surface area contributed by atoms with Crippen LogP contribution in [0.4, 0.5) is 0 Å². The van der Waals surface area contributed by atoms with Gasteiger partial charge >= 0.3 is 0 Å². The van der Waals surface area contributed by atoms with Crippen molar-refractivity contribution in [2.24, 2.45) is 7.05 Å². The highest BCUT2D eigenvalue weighted by atomic mass is 32.1. The van der Waals surface area contributed by atoms with Crippen molar-refractivity contribution >= 4 is 11.3 Å². The van der Waals surface area contributed by atoms with Gasteiger partial charge in [0.2, 0.25) is 0 Å². The highest BCUT2D eigenvalue weighted by Crippen LogP contribution is 2.14. The number of aryl methyl sites for hydroxylation is 1. The molecule has 0 aliphatic heterocycles. The molecule has 0 aliphatic carbocycles. The van der Waals surface area contributed by atoms with E-state index in [0.29, 0.717) is 18.9 Å². The maximum absolute atomic E-state index is 9.78. The van der Waals surface area contributed by atoms with Gasteiger partial charge in [-0.05, 0) is 27.6 Å². The molecule has 2 aromatic heterocycles. The normalized spacial score (nSPS) is 12.9. The first kappa shape index (κ1) is 11.2. The van der Waals surface area contributed by atoms with Crippen molar-refractivity contribution in [2.45, 2.75) is 12.6 Å². The minimum atomic E-state index is -0.483. The monoisotopic (exact) mass is 239 g/mol. The third kappa shape index (κ3) is 2.84. The molecule has 2 rings (SSSR count). The van der Waals surface area contributed by atoms with Crippen LogP contribution in [-0.2, 0) is 13.6 Å². The quantitative estimate of drug-likeness (QED) is 0.773. The minimum Gasteiger partial charge on any atom is -0.387 e. The number of aromatic nitrogens is 4. The zero-order valence-corrected chi connectivity index (χ0v) is 9.68. The van der Waals surface area contributed by atoms with E-state index in [1.165, 1.54) is 4.80 Å². The average molecular weight is 239 g/mol. The van der Waals surface area contributed by atoms with Crippen molar-refractivity contribution in [3.8, 4) is 0 Å². The number of hydrogen-bond acceptors (Lipinski definition) is 6. The number of aliphatic hydroxyl groups excluding tert-OH is 1. The van der Waals surface area contributed by atoms with Gasteiger partial charge in [-0.2, -0.15) is 16.1 Å². The average Bonchev–Trinajstić information content (AvgIpc) is 2.89. The summed E-state index contributed by atoms with van der Waals surface area (Å²) in [4.78, 5) is 1.41. The van der Waals surface area contributed by atoms with Crippen LogP contribution in [0.5, 0.6) is 0 Å². The molecule has 0 aromatic carbocycles. The summed E-state index contributed by atoms with van der Waals surface area (Å²) in [5.74, 6) is 0.625. The second kappa shape index (κ2) is 5.15. The molecule has 0 radical (unpaired) electrons. The Morgan fingerprint density at radius 3 is 3.12 bits per heavy atom. The first-order chi connectivity index (χ1) is 7.75.